The van der Waals surface area contributed by atoms with Crippen LogP contribution in [0.1, 0.15) is 25.0 Å². The first-order valence-corrected chi connectivity index (χ1v) is 7.52. The Balaban J connectivity index is 1.58. The molecular weight excluding hydrogens is 270 g/mol. The van der Waals surface area contributed by atoms with Gasteiger partial charge in [-0.2, -0.15) is 0 Å². The monoisotopic (exact) mass is 291 g/mol. The smallest absolute Gasteiger partial charge is 0.318 e. The Morgan fingerprint density at radius 1 is 1.33 bits per heavy atom. The van der Waals surface area contributed by atoms with Gasteiger partial charge < -0.3 is 19.7 Å². The summed E-state index contributed by atoms with van der Waals surface area (Å²) in [5, 5.41) is 2.94. The second-order valence-electron chi connectivity index (χ2n) is 5.35. The molecule has 0 spiro atoms. The zero-order chi connectivity index (χ0) is 14.5. The third kappa shape index (κ3) is 3.51. The number of carbonyl (C=O) groups excluding carboxylic acids is 1. The molecule has 2 aliphatic rings. The molecule has 1 unspecified atom stereocenters. The van der Waals surface area contributed by atoms with Crippen LogP contribution in [-0.4, -0.2) is 48.0 Å². The van der Waals surface area contributed by atoms with Crippen LogP contribution in [0.15, 0.2) is 24.4 Å². The van der Waals surface area contributed by atoms with E-state index in [1.807, 2.05) is 23.1 Å². The summed E-state index contributed by atoms with van der Waals surface area (Å²) in [6.45, 7) is 2.42. The highest BCUT2D eigenvalue weighted by Gasteiger charge is 2.36. The van der Waals surface area contributed by atoms with Gasteiger partial charge in [-0.25, -0.2) is 4.79 Å². The Kier molecular flexibility index (Phi) is 4.67. The number of amides is 2. The van der Waals surface area contributed by atoms with Crippen LogP contribution in [-0.2, 0) is 16.0 Å². The molecule has 6 nitrogen and oxygen atoms in total. The molecule has 114 valence electrons. The van der Waals surface area contributed by atoms with E-state index in [1.54, 1.807) is 6.20 Å². The van der Waals surface area contributed by atoms with Gasteiger partial charge in [0.15, 0.2) is 6.29 Å². The number of likely N-dealkylation sites (tertiary alicyclic amines) is 1. The molecule has 3 rings (SSSR count). The van der Waals surface area contributed by atoms with Crippen LogP contribution in [0.2, 0.25) is 0 Å². The quantitative estimate of drug-likeness (QED) is 0.917. The Bertz CT molecular complexity index is 462. The number of nitrogens with one attached hydrogen (secondary N) is 1. The topological polar surface area (TPSA) is 63.7 Å². The zero-order valence-corrected chi connectivity index (χ0v) is 12.0. The van der Waals surface area contributed by atoms with Crippen LogP contribution in [0, 0.1) is 0 Å². The average molecular weight is 291 g/mol. The number of piperidine rings is 1. The van der Waals surface area contributed by atoms with Crippen molar-refractivity contribution in [3.05, 3.63) is 30.1 Å². The SMILES string of the molecule is O=C(NCc1ccccn1)N1CCCCC1C1OCCO1. The highest BCUT2D eigenvalue weighted by atomic mass is 16.7. The molecule has 2 amide bonds. The summed E-state index contributed by atoms with van der Waals surface area (Å²) >= 11 is 0. The highest BCUT2D eigenvalue weighted by molar-refractivity contribution is 5.74. The van der Waals surface area contributed by atoms with Crippen LogP contribution >= 0.6 is 0 Å². The second kappa shape index (κ2) is 6.87. The van der Waals surface area contributed by atoms with Gasteiger partial charge in [0.25, 0.3) is 0 Å². The zero-order valence-electron chi connectivity index (χ0n) is 12.0. The molecule has 1 N–H and O–H groups in total. The Morgan fingerprint density at radius 2 is 2.19 bits per heavy atom. The highest BCUT2D eigenvalue weighted by Crippen LogP contribution is 2.24. The molecule has 2 saturated heterocycles. The molecule has 0 aliphatic carbocycles. The number of nitrogens with zero attached hydrogens (tertiary/aromatic N) is 2. The van der Waals surface area contributed by atoms with Crippen LogP contribution in [0.4, 0.5) is 4.79 Å². The summed E-state index contributed by atoms with van der Waals surface area (Å²) in [5.41, 5.74) is 0.854. The third-order valence-electron chi connectivity index (χ3n) is 3.92. The predicted molar refractivity (Wildman–Crippen MR) is 76.5 cm³/mol. The Hall–Kier alpha value is -1.66. The summed E-state index contributed by atoms with van der Waals surface area (Å²) < 4.78 is 11.2. The van der Waals surface area contributed by atoms with Crippen molar-refractivity contribution in [3.63, 3.8) is 0 Å². The van der Waals surface area contributed by atoms with Gasteiger partial charge >= 0.3 is 6.03 Å². The number of hydrogen-bond acceptors (Lipinski definition) is 4. The van der Waals surface area contributed by atoms with Crippen molar-refractivity contribution in [3.8, 4) is 0 Å². The van der Waals surface area contributed by atoms with Gasteiger partial charge in [-0.1, -0.05) is 6.07 Å². The standard InChI is InChI=1S/C15H21N3O3/c19-15(17-11-12-5-1-3-7-16-12)18-8-4-2-6-13(18)14-20-9-10-21-14/h1,3,5,7,13-14H,2,4,6,8-11H2,(H,17,19). The third-order valence-corrected chi connectivity index (χ3v) is 3.92. The first-order valence-electron chi connectivity index (χ1n) is 7.52. The fourth-order valence-corrected chi connectivity index (χ4v) is 2.86. The van der Waals surface area contributed by atoms with Gasteiger partial charge in [0.2, 0.25) is 0 Å². The minimum Gasteiger partial charge on any atom is -0.348 e. The number of urea groups is 1. The summed E-state index contributed by atoms with van der Waals surface area (Å²) in [6, 6.07) is 5.63. The van der Waals surface area contributed by atoms with Crippen molar-refractivity contribution < 1.29 is 14.3 Å². The molecule has 3 heterocycles. The first kappa shape index (κ1) is 14.3. The lowest BCUT2D eigenvalue weighted by molar-refractivity contribution is -0.0983. The van der Waals surface area contributed by atoms with E-state index >= 15 is 0 Å². The number of pyridine rings is 1. The van der Waals surface area contributed by atoms with Crippen molar-refractivity contribution in [2.24, 2.45) is 0 Å². The molecule has 2 fully saturated rings. The van der Waals surface area contributed by atoms with Crippen molar-refractivity contribution in [1.29, 1.82) is 0 Å². The maximum Gasteiger partial charge on any atom is 0.318 e. The van der Waals surface area contributed by atoms with Gasteiger partial charge in [0.1, 0.15) is 0 Å². The summed E-state index contributed by atoms with van der Waals surface area (Å²) in [6.07, 6.45) is 4.52. The van der Waals surface area contributed by atoms with Gasteiger partial charge in [0, 0.05) is 12.7 Å². The minimum atomic E-state index is -0.272. The second-order valence-corrected chi connectivity index (χ2v) is 5.35. The van der Waals surface area contributed by atoms with Crippen molar-refractivity contribution >= 4 is 6.03 Å². The van der Waals surface area contributed by atoms with Crippen LogP contribution in [0.5, 0.6) is 0 Å². The molecule has 1 aromatic heterocycles. The lowest BCUT2D eigenvalue weighted by Crippen LogP contribution is -2.53. The van der Waals surface area contributed by atoms with Gasteiger partial charge in [-0.05, 0) is 31.4 Å². The maximum atomic E-state index is 12.4. The number of rotatable bonds is 3. The largest absolute Gasteiger partial charge is 0.348 e. The summed E-state index contributed by atoms with van der Waals surface area (Å²) in [5.74, 6) is 0. The van der Waals surface area contributed by atoms with Gasteiger partial charge in [-0.3, -0.25) is 4.98 Å². The van der Waals surface area contributed by atoms with Crippen molar-refractivity contribution in [1.82, 2.24) is 15.2 Å². The Morgan fingerprint density at radius 3 is 2.95 bits per heavy atom. The van der Waals surface area contributed by atoms with E-state index in [-0.39, 0.29) is 18.4 Å². The van der Waals surface area contributed by atoms with Crippen molar-refractivity contribution in [2.45, 2.75) is 38.1 Å². The molecule has 0 saturated carbocycles. The molecule has 2 aliphatic heterocycles. The summed E-state index contributed by atoms with van der Waals surface area (Å²) in [4.78, 5) is 18.5. The average Bonchev–Trinajstić information content (AvgIpc) is 3.08. The van der Waals surface area contributed by atoms with Crippen LogP contribution < -0.4 is 5.32 Å². The molecule has 0 bridgehead atoms. The van der Waals surface area contributed by atoms with Gasteiger partial charge in [0.05, 0.1) is 31.5 Å². The first-order chi connectivity index (χ1) is 10.3. The lowest BCUT2D eigenvalue weighted by atomic mass is 10.0. The maximum absolute atomic E-state index is 12.4. The van der Waals surface area contributed by atoms with E-state index in [4.69, 9.17) is 9.47 Å². The Labute approximate surface area is 124 Å². The van der Waals surface area contributed by atoms with E-state index < -0.39 is 0 Å². The van der Waals surface area contributed by atoms with E-state index in [1.165, 1.54) is 0 Å². The molecular formula is C15H21N3O3. The number of carbonyl (C=O) groups is 1. The number of aromatic nitrogens is 1. The molecule has 1 aromatic rings. The number of hydrogen-bond donors (Lipinski definition) is 1. The molecule has 1 atom stereocenters. The van der Waals surface area contributed by atoms with Gasteiger partial charge in [-0.15, -0.1) is 0 Å². The predicted octanol–water partition coefficient (Wildman–Crippen LogP) is 1.52. The molecule has 0 radical (unpaired) electrons. The van der Waals surface area contributed by atoms with E-state index in [0.717, 1.165) is 31.5 Å². The summed E-state index contributed by atoms with van der Waals surface area (Å²) in [7, 11) is 0. The fraction of sp³-hybridized carbons (Fsp3) is 0.600. The fourth-order valence-electron chi connectivity index (χ4n) is 2.86. The lowest BCUT2D eigenvalue weighted by Gasteiger charge is -2.37. The van der Waals surface area contributed by atoms with Crippen molar-refractivity contribution in [2.75, 3.05) is 19.8 Å². The van der Waals surface area contributed by atoms with E-state index in [2.05, 4.69) is 10.3 Å². The molecule has 0 aromatic carbocycles. The van der Waals surface area contributed by atoms with E-state index in [0.29, 0.717) is 19.8 Å². The number of ether oxygens (including phenoxy) is 2. The molecule has 21 heavy (non-hydrogen) atoms. The minimum absolute atomic E-state index is 0.0185. The normalized spacial score (nSPS) is 23.2. The molecule has 6 heteroatoms. The van der Waals surface area contributed by atoms with Crippen LogP contribution in [0.25, 0.3) is 0 Å². The van der Waals surface area contributed by atoms with Crippen LogP contribution in [0.3, 0.4) is 0 Å². The van der Waals surface area contributed by atoms with E-state index in [9.17, 15) is 4.79 Å².